The zero-order chi connectivity index (χ0) is 26.5. The van der Waals surface area contributed by atoms with E-state index in [0.717, 1.165) is 47.4 Å². The predicted molar refractivity (Wildman–Crippen MR) is 140 cm³/mol. The second-order valence-corrected chi connectivity index (χ2v) is 11.5. The molecule has 1 atom stereocenters. The van der Waals surface area contributed by atoms with Gasteiger partial charge in [0, 0.05) is 12.6 Å². The van der Waals surface area contributed by atoms with E-state index in [1.54, 1.807) is 38.1 Å². The molecule has 0 aliphatic heterocycles. The van der Waals surface area contributed by atoms with Crippen LogP contribution in [0.15, 0.2) is 42.5 Å². The van der Waals surface area contributed by atoms with E-state index in [4.69, 9.17) is 0 Å². The highest BCUT2D eigenvalue weighted by Crippen LogP contribution is 2.27. The van der Waals surface area contributed by atoms with Gasteiger partial charge in [-0.2, -0.15) is 0 Å². The average molecular weight is 518 g/mol. The van der Waals surface area contributed by atoms with Crippen molar-refractivity contribution in [1.29, 1.82) is 0 Å². The molecule has 1 aliphatic rings. The third kappa shape index (κ3) is 6.84. The quantitative estimate of drug-likeness (QED) is 0.515. The topological polar surface area (TPSA) is 86.8 Å². The summed E-state index contributed by atoms with van der Waals surface area (Å²) in [5.74, 6) is -1.15. The van der Waals surface area contributed by atoms with Gasteiger partial charge in [-0.05, 0) is 61.9 Å². The molecule has 7 nitrogen and oxygen atoms in total. The molecule has 0 aromatic heterocycles. The number of para-hydroxylation sites is 1. The molecule has 0 bridgehead atoms. The first-order chi connectivity index (χ1) is 17.0. The lowest BCUT2D eigenvalue weighted by atomic mass is 10.1. The number of hydrogen-bond donors (Lipinski definition) is 1. The number of nitrogens with zero attached hydrogens (tertiary/aromatic N) is 2. The Balaban J connectivity index is 1.95. The van der Waals surface area contributed by atoms with Gasteiger partial charge in [0.05, 0.1) is 11.9 Å². The first kappa shape index (κ1) is 27.6. The molecular weight excluding hydrogens is 481 g/mol. The lowest BCUT2D eigenvalue weighted by Crippen LogP contribution is -2.53. The van der Waals surface area contributed by atoms with Gasteiger partial charge >= 0.3 is 0 Å². The number of hydrogen-bond acceptors (Lipinski definition) is 4. The molecule has 2 aromatic rings. The Morgan fingerprint density at radius 3 is 2.17 bits per heavy atom. The third-order valence-electron chi connectivity index (χ3n) is 6.72. The fourth-order valence-corrected chi connectivity index (χ4v) is 5.81. The van der Waals surface area contributed by atoms with Crippen LogP contribution in [0.3, 0.4) is 0 Å². The van der Waals surface area contributed by atoms with Gasteiger partial charge in [0.25, 0.3) is 0 Å². The molecule has 1 unspecified atom stereocenters. The summed E-state index contributed by atoms with van der Waals surface area (Å²) in [5, 5.41) is 3.07. The van der Waals surface area contributed by atoms with Crippen LogP contribution in [0.1, 0.15) is 55.7 Å². The number of halogens is 1. The van der Waals surface area contributed by atoms with Crippen molar-refractivity contribution in [2.24, 2.45) is 0 Å². The van der Waals surface area contributed by atoms with Gasteiger partial charge in [0.15, 0.2) is 0 Å². The maximum absolute atomic E-state index is 13.8. The van der Waals surface area contributed by atoms with E-state index in [0.29, 0.717) is 17.7 Å². The Labute approximate surface area is 213 Å². The molecule has 2 amide bonds. The number of benzene rings is 2. The van der Waals surface area contributed by atoms with Gasteiger partial charge in [-0.1, -0.05) is 50.1 Å². The number of anilines is 1. The number of amides is 2. The van der Waals surface area contributed by atoms with Crippen molar-refractivity contribution in [2.75, 3.05) is 17.1 Å². The van der Waals surface area contributed by atoms with Crippen molar-refractivity contribution >= 4 is 27.5 Å². The van der Waals surface area contributed by atoms with Crippen molar-refractivity contribution in [3.05, 3.63) is 65.0 Å². The summed E-state index contributed by atoms with van der Waals surface area (Å²) in [6, 6.07) is 10.5. The molecule has 1 N–H and O–H groups in total. The number of carbonyl (C=O) groups excluding carboxylic acids is 2. The second kappa shape index (κ2) is 11.9. The normalized spacial score (nSPS) is 14.9. The minimum absolute atomic E-state index is 0.0556. The fraction of sp³-hybridized carbons (Fsp3) is 0.481. The molecule has 1 fully saturated rings. The van der Waals surface area contributed by atoms with Gasteiger partial charge in [-0.25, -0.2) is 12.8 Å². The summed E-state index contributed by atoms with van der Waals surface area (Å²) < 4.78 is 40.3. The fourth-order valence-electron chi connectivity index (χ4n) is 4.85. The van der Waals surface area contributed by atoms with Crippen LogP contribution in [-0.2, 0) is 26.2 Å². The van der Waals surface area contributed by atoms with Crippen LogP contribution in [0.4, 0.5) is 10.1 Å². The van der Waals surface area contributed by atoms with Crippen LogP contribution < -0.4 is 9.62 Å². The Kier molecular flexibility index (Phi) is 9.11. The largest absolute Gasteiger partial charge is 0.352 e. The van der Waals surface area contributed by atoms with Crippen LogP contribution in [0, 0.1) is 19.7 Å². The average Bonchev–Trinajstić information content (AvgIpc) is 3.31. The van der Waals surface area contributed by atoms with E-state index < -0.39 is 34.3 Å². The maximum atomic E-state index is 13.8. The number of nitrogens with one attached hydrogen (secondary N) is 1. The molecular formula is C27H36FN3O4S. The van der Waals surface area contributed by atoms with E-state index >= 15 is 0 Å². The summed E-state index contributed by atoms with van der Waals surface area (Å²) in [6.07, 6.45) is 5.34. The monoisotopic (exact) mass is 517 g/mol. The number of aryl methyl sites for hydroxylation is 2. The molecule has 0 heterocycles. The molecule has 36 heavy (non-hydrogen) atoms. The molecule has 0 radical (unpaired) electrons. The Bertz CT molecular complexity index is 1160. The minimum atomic E-state index is -3.81. The molecule has 0 saturated heterocycles. The maximum Gasteiger partial charge on any atom is 0.244 e. The molecule has 9 heteroatoms. The summed E-state index contributed by atoms with van der Waals surface area (Å²) in [7, 11) is -3.81. The SMILES string of the molecule is CCC(C(=O)NC1CCCC1)N(Cc1ccc(F)cc1)C(=O)CN(c1c(C)cccc1C)S(C)(=O)=O. The van der Waals surface area contributed by atoms with Crippen LogP contribution >= 0.6 is 0 Å². The minimum Gasteiger partial charge on any atom is -0.352 e. The summed E-state index contributed by atoms with van der Waals surface area (Å²) in [6.45, 7) is 5.03. The Hall–Kier alpha value is -2.94. The Morgan fingerprint density at radius 2 is 1.64 bits per heavy atom. The van der Waals surface area contributed by atoms with Gasteiger partial charge < -0.3 is 10.2 Å². The van der Waals surface area contributed by atoms with Crippen molar-refractivity contribution in [3.8, 4) is 0 Å². The lowest BCUT2D eigenvalue weighted by molar-refractivity contribution is -0.140. The van der Waals surface area contributed by atoms with Crippen LogP contribution in [0.5, 0.6) is 0 Å². The Morgan fingerprint density at radius 1 is 1.06 bits per heavy atom. The van der Waals surface area contributed by atoms with Gasteiger partial charge in [-0.15, -0.1) is 0 Å². The van der Waals surface area contributed by atoms with E-state index in [1.165, 1.54) is 17.0 Å². The van der Waals surface area contributed by atoms with E-state index in [1.807, 2.05) is 13.0 Å². The van der Waals surface area contributed by atoms with E-state index in [-0.39, 0.29) is 18.5 Å². The first-order valence-electron chi connectivity index (χ1n) is 12.4. The van der Waals surface area contributed by atoms with E-state index in [2.05, 4.69) is 5.32 Å². The van der Waals surface area contributed by atoms with E-state index in [9.17, 15) is 22.4 Å². The number of carbonyl (C=O) groups is 2. The molecule has 1 aliphatic carbocycles. The molecule has 1 saturated carbocycles. The molecule has 196 valence electrons. The predicted octanol–water partition coefficient (Wildman–Crippen LogP) is 4.07. The standard InChI is InChI=1S/C27H36FN3O4S/c1-5-24(27(33)29-23-11-6-7-12-23)30(17-21-13-15-22(28)16-14-21)25(32)18-31(36(4,34)35)26-19(2)9-8-10-20(26)3/h8-10,13-16,23-24H,5-7,11-12,17-18H2,1-4H3,(H,29,33). The molecule has 0 spiro atoms. The van der Waals surface area contributed by atoms with Crippen LogP contribution in [0.25, 0.3) is 0 Å². The van der Waals surface area contributed by atoms with Crippen molar-refractivity contribution in [2.45, 2.75) is 71.5 Å². The zero-order valence-electron chi connectivity index (χ0n) is 21.5. The number of rotatable bonds is 10. The summed E-state index contributed by atoms with van der Waals surface area (Å²) in [4.78, 5) is 28.5. The number of sulfonamides is 1. The van der Waals surface area contributed by atoms with Crippen LogP contribution in [-0.4, -0.2) is 50.0 Å². The summed E-state index contributed by atoms with van der Waals surface area (Å²) >= 11 is 0. The summed E-state index contributed by atoms with van der Waals surface area (Å²) in [5.41, 5.74) is 2.56. The molecule has 2 aromatic carbocycles. The van der Waals surface area contributed by atoms with Gasteiger partial charge in [0.1, 0.15) is 18.4 Å². The third-order valence-corrected chi connectivity index (χ3v) is 7.83. The van der Waals surface area contributed by atoms with Crippen molar-refractivity contribution < 1.29 is 22.4 Å². The van der Waals surface area contributed by atoms with Gasteiger partial charge in [-0.3, -0.25) is 13.9 Å². The van der Waals surface area contributed by atoms with Crippen molar-refractivity contribution in [3.63, 3.8) is 0 Å². The second-order valence-electron chi connectivity index (χ2n) is 9.57. The first-order valence-corrected chi connectivity index (χ1v) is 14.2. The highest BCUT2D eigenvalue weighted by Gasteiger charge is 2.33. The zero-order valence-corrected chi connectivity index (χ0v) is 22.3. The van der Waals surface area contributed by atoms with Crippen molar-refractivity contribution in [1.82, 2.24) is 10.2 Å². The highest BCUT2D eigenvalue weighted by molar-refractivity contribution is 7.92. The van der Waals surface area contributed by atoms with Gasteiger partial charge in [0.2, 0.25) is 21.8 Å². The lowest BCUT2D eigenvalue weighted by Gasteiger charge is -2.34. The highest BCUT2D eigenvalue weighted by atomic mass is 32.2. The molecule has 3 rings (SSSR count). The smallest absolute Gasteiger partial charge is 0.244 e. The van der Waals surface area contributed by atoms with Crippen LogP contribution in [0.2, 0.25) is 0 Å².